The number of carbonyl (C=O) groups is 3. The SMILES string of the molecule is C/C=C(/C)C(=O)O[C@@H]1C(O)[C@H](C[C@H]2[C@H](O)[C@@]3(CO)C(CC2(C)C)C2=CCC4[C@@]5(C)CC[C@H](O[C@@H]6OC(C(=O)O)[C@H](O)[C@H](O[C@@H]7O[C@H](CO)[C@H](O)C7O)C6O[C@@H]6OC(CO)[C@H](O)[C@H](O)C6O)C(C)(C)C5CC[C@@]4(C)[C@]2(C)C[C@H]3O)OC(C)[C@@H]1OC(=O)/C(C)=C\C. The summed E-state index contributed by atoms with van der Waals surface area (Å²) in [5, 5.41) is 146. The lowest BCUT2D eigenvalue weighted by molar-refractivity contribution is -0.386. The monoisotopic (exact) mass is 1270 g/mol. The first-order valence-corrected chi connectivity index (χ1v) is 31.7. The number of carbonyl (C=O) groups excluding carboxylic acids is 2. The van der Waals surface area contributed by atoms with Crippen LogP contribution in [0.5, 0.6) is 0 Å². The van der Waals surface area contributed by atoms with E-state index in [1.165, 1.54) is 0 Å². The quantitative estimate of drug-likeness (QED) is 0.0440. The van der Waals surface area contributed by atoms with Crippen molar-refractivity contribution in [2.75, 3.05) is 19.8 Å². The molecule has 25 heteroatoms. The Hall–Kier alpha value is -3.13. The number of aliphatic carboxylic acids is 1. The second kappa shape index (κ2) is 25.9. The van der Waals surface area contributed by atoms with E-state index in [1.54, 1.807) is 46.8 Å². The van der Waals surface area contributed by atoms with Gasteiger partial charge in [-0.15, -0.1) is 0 Å². The van der Waals surface area contributed by atoms with Crippen LogP contribution in [0.25, 0.3) is 0 Å². The summed E-state index contributed by atoms with van der Waals surface area (Å²) >= 11 is 0. The Kier molecular flexibility index (Phi) is 20.4. The summed E-state index contributed by atoms with van der Waals surface area (Å²) in [6, 6.07) is 0. The van der Waals surface area contributed by atoms with Crippen molar-refractivity contribution in [3.05, 3.63) is 34.9 Å². The minimum absolute atomic E-state index is 0.00913. The van der Waals surface area contributed by atoms with Crippen LogP contribution in [0.4, 0.5) is 0 Å². The van der Waals surface area contributed by atoms with E-state index in [4.69, 9.17) is 42.6 Å². The normalized spacial score (nSPS) is 49.7. The van der Waals surface area contributed by atoms with E-state index in [0.717, 1.165) is 5.57 Å². The van der Waals surface area contributed by atoms with Crippen molar-refractivity contribution in [3.63, 3.8) is 0 Å². The smallest absolute Gasteiger partial charge is 0.335 e. The molecule has 5 aliphatic carbocycles. The maximum Gasteiger partial charge on any atom is 0.335 e. The number of carboxylic acids is 1. The first kappa shape index (κ1) is 70.2. The lowest BCUT2D eigenvalue weighted by Gasteiger charge is -2.73. The van der Waals surface area contributed by atoms with Gasteiger partial charge in [0.25, 0.3) is 0 Å². The van der Waals surface area contributed by atoms with Crippen LogP contribution in [-0.2, 0) is 57.0 Å². The second-order valence-corrected chi connectivity index (χ2v) is 29.2. The van der Waals surface area contributed by atoms with Gasteiger partial charge in [-0.25, -0.2) is 14.4 Å². The molecule has 506 valence electrons. The van der Waals surface area contributed by atoms with Crippen LogP contribution in [0.1, 0.15) is 134 Å². The van der Waals surface area contributed by atoms with E-state index in [0.29, 0.717) is 44.1 Å². The number of hydrogen-bond donors (Lipinski definition) is 13. The van der Waals surface area contributed by atoms with Crippen molar-refractivity contribution in [2.45, 2.75) is 269 Å². The molecule has 8 fully saturated rings. The molecule has 0 spiro atoms. The van der Waals surface area contributed by atoms with Gasteiger partial charge in [-0.05, 0) is 137 Å². The highest BCUT2D eigenvalue weighted by Crippen LogP contribution is 2.76. The molecule has 10 unspecified atom stereocenters. The standard InChI is InChI=1S/C64H100O25/c1-13-27(3)54(79)85-47-29(5)81-33(42(71)48(47)86-55(80)28(4)14-2)21-31-52(76)64(26-67)32(22-59(31,6)7)30-15-16-37-61(10)19-18-39(60(8,9)36(61)17-20-62(37,11)63(30,12)23-38(64)68)84-58-51(89-57-45(74)43(72)40(69)34(24-65)82-57)49(46(75)50(88-58)53(77)78)87-56-44(73)41(70)35(25-66)83-56/h13-15,29,31-52,56-58,65-76H,16-26H2,1-12H3,(H,77,78)/b27-13-,28-14-/t29?,31-,32?,33-,34?,35+,36?,37?,38+,39-,40-,41-,42?,43-,44?,45?,46+,47-,48+,49-,50?,51?,52-,56-,57-,58+,61-,62+,63+,64-/m0/s1. The zero-order chi connectivity index (χ0) is 65.7. The van der Waals surface area contributed by atoms with Crippen LogP contribution in [0.15, 0.2) is 34.9 Å². The van der Waals surface area contributed by atoms with Crippen LogP contribution in [0, 0.1) is 56.2 Å². The minimum atomic E-state index is -2.12. The molecule has 4 heterocycles. The Bertz CT molecular complexity index is 2660. The van der Waals surface area contributed by atoms with Gasteiger partial charge in [-0.1, -0.05) is 72.3 Å². The summed E-state index contributed by atoms with van der Waals surface area (Å²) in [4.78, 5) is 39.4. The van der Waals surface area contributed by atoms with Gasteiger partial charge in [0.1, 0.15) is 67.1 Å². The number of ether oxygens (including phenoxy) is 9. The Labute approximate surface area is 519 Å². The average Bonchev–Trinajstić information content (AvgIpc) is 0.921. The van der Waals surface area contributed by atoms with Gasteiger partial charge in [0, 0.05) is 11.1 Å². The number of aliphatic hydroxyl groups excluding tert-OH is 12. The van der Waals surface area contributed by atoms with E-state index >= 15 is 0 Å². The van der Waals surface area contributed by atoms with Crippen molar-refractivity contribution < 1.29 is 123 Å². The second-order valence-electron chi connectivity index (χ2n) is 29.2. The fraction of sp³-hybridized carbons (Fsp3) is 0.859. The van der Waals surface area contributed by atoms with Gasteiger partial charge in [-0.3, -0.25) is 0 Å². The van der Waals surface area contributed by atoms with E-state index in [9.17, 15) is 80.8 Å². The molecule has 9 rings (SSSR count). The number of fused-ring (bicyclic) bond motifs is 7. The summed E-state index contributed by atoms with van der Waals surface area (Å²) in [7, 11) is 0. The van der Waals surface area contributed by atoms with Crippen molar-refractivity contribution >= 4 is 17.9 Å². The van der Waals surface area contributed by atoms with Crippen LogP contribution < -0.4 is 0 Å². The molecule has 25 nitrogen and oxygen atoms in total. The summed E-state index contributed by atoms with van der Waals surface area (Å²) < 4.78 is 54.9. The highest BCUT2D eigenvalue weighted by Gasteiger charge is 2.73. The van der Waals surface area contributed by atoms with Crippen LogP contribution >= 0.6 is 0 Å². The van der Waals surface area contributed by atoms with Crippen LogP contribution in [0.3, 0.4) is 0 Å². The third kappa shape index (κ3) is 11.6. The summed E-state index contributed by atoms with van der Waals surface area (Å²) in [6.45, 7) is 21.0. The molecule has 4 aliphatic heterocycles. The minimum Gasteiger partial charge on any atom is -0.479 e. The molecular formula is C64H100O25. The van der Waals surface area contributed by atoms with E-state index < -0.39 is 217 Å². The van der Waals surface area contributed by atoms with Gasteiger partial charge < -0.3 is 109 Å². The maximum atomic E-state index is 13.3. The number of hydrogen-bond acceptors (Lipinski definition) is 24. The Morgan fingerprint density at radius 3 is 1.74 bits per heavy atom. The fourth-order valence-electron chi connectivity index (χ4n) is 18.3. The van der Waals surface area contributed by atoms with Crippen molar-refractivity contribution in [1.29, 1.82) is 0 Å². The molecule has 9 aliphatic rings. The molecule has 0 aromatic rings. The topological polar surface area (TPSA) is 397 Å². The molecule has 0 aromatic carbocycles. The predicted molar refractivity (Wildman–Crippen MR) is 310 cm³/mol. The molecule has 4 saturated heterocycles. The molecule has 13 N–H and O–H groups in total. The summed E-state index contributed by atoms with van der Waals surface area (Å²) in [6.07, 6.45) is -25.5. The molecule has 30 atom stereocenters. The van der Waals surface area contributed by atoms with Crippen molar-refractivity contribution in [3.8, 4) is 0 Å². The molecular weight excluding hydrogens is 1170 g/mol. The van der Waals surface area contributed by atoms with Crippen molar-refractivity contribution in [1.82, 2.24) is 0 Å². The average molecular weight is 1270 g/mol. The third-order valence-electron chi connectivity index (χ3n) is 24.0. The molecule has 4 saturated carbocycles. The molecule has 89 heavy (non-hydrogen) atoms. The Morgan fingerprint density at radius 2 is 1.18 bits per heavy atom. The number of allylic oxidation sites excluding steroid dienone is 4. The number of rotatable bonds is 16. The van der Waals surface area contributed by atoms with E-state index in [1.807, 2.05) is 13.8 Å². The first-order valence-electron chi connectivity index (χ1n) is 31.7. The molecule has 0 radical (unpaired) electrons. The lowest BCUT2D eigenvalue weighted by Crippen LogP contribution is -2.71. The molecule has 0 aromatic heterocycles. The van der Waals surface area contributed by atoms with E-state index in [2.05, 4.69) is 40.7 Å². The zero-order valence-corrected chi connectivity index (χ0v) is 53.2. The van der Waals surface area contributed by atoms with Crippen LogP contribution in [0.2, 0.25) is 0 Å². The third-order valence-corrected chi connectivity index (χ3v) is 24.0. The van der Waals surface area contributed by atoms with E-state index in [-0.39, 0.29) is 30.3 Å². The Morgan fingerprint density at radius 1 is 0.618 bits per heavy atom. The number of aliphatic hydroxyl groups is 12. The van der Waals surface area contributed by atoms with Gasteiger partial charge in [-0.2, -0.15) is 0 Å². The summed E-state index contributed by atoms with van der Waals surface area (Å²) in [5.41, 5.74) is -2.75. The fourth-order valence-corrected chi connectivity index (χ4v) is 18.3. The maximum absolute atomic E-state index is 13.3. The number of esters is 2. The first-order chi connectivity index (χ1) is 41.6. The Balaban J connectivity index is 0.986. The largest absolute Gasteiger partial charge is 0.479 e. The van der Waals surface area contributed by atoms with Gasteiger partial charge in [0.2, 0.25) is 0 Å². The highest BCUT2D eigenvalue weighted by atomic mass is 16.8. The van der Waals surface area contributed by atoms with Crippen LogP contribution in [-0.4, -0.2) is 239 Å². The van der Waals surface area contributed by atoms with Crippen molar-refractivity contribution in [2.24, 2.45) is 56.2 Å². The van der Waals surface area contributed by atoms with Gasteiger partial charge in [0.15, 0.2) is 37.2 Å². The highest BCUT2D eigenvalue weighted by molar-refractivity contribution is 5.88. The predicted octanol–water partition coefficient (Wildman–Crippen LogP) is 0.807. The molecule has 0 amide bonds. The zero-order valence-electron chi connectivity index (χ0n) is 53.2. The summed E-state index contributed by atoms with van der Waals surface area (Å²) in [5.74, 6) is -4.26. The molecule has 0 bridgehead atoms. The lowest BCUT2D eigenvalue weighted by atomic mass is 9.32. The van der Waals surface area contributed by atoms with Gasteiger partial charge >= 0.3 is 17.9 Å². The van der Waals surface area contributed by atoms with Gasteiger partial charge in [0.05, 0.1) is 55.8 Å². The number of carboxylic acid groups (broad SMARTS) is 1.